The van der Waals surface area contributed by atoms with Crippen molar-refractivity contribution in [3.8, 4) is 23.0 Å². The molecule has 0 aliphatic rings. The minimum atomic E-state index is -1.00. The minimum Gasteiger partial charge on any atom is -0.497 e. The van der Waals surface area contributed by atoms with Crippen LogP contribution in [0, 0.1) is 0 Å². The molecule has 3 aromatic carbocycles. The maximum atomic E-state index is 10.8. The van der Waals surface area contributed by atoms with Gasteiger partial charge >= 0.3 is 5.97 Å². The fraction of sp³-hybridized carbons (Fsp3) is 0.130. The number of hydrogen-bond donors (Lipinski definition) is 1. The lowest BCUT2D eigenvalue weighted by Crippen LogP contribution is -2.22. The number of carbonyl (C=O) groups is 1. The number of ether oxygens (including phenoxy) is 3. The largest absolute Gasteiger partial charge is 0.497 e. The molecule has 0 saturated heterocycles. The number of benzene rings is 3. The Bertz CT molecular complexity index is 964. The van der Waals surface area contributed by atoms with Crippen molar-refractivity contribution in [1.82, 2.24) is 0 Å². The van der Waals surface area contributed by atoms with Gasteiger partial charge in [0.25, 0.3) is 0 Å². The first kappa shape index (κ1) is 19.9. The highest BCUT2D eigenvalue weighted by molar-refractivity contribution is 5.82. The van der Waals surface area contributed by atoms with E-state index in [9.17, 15) is 4.79 Å². The summed E-state index contributed by atoms with van der Waals surface area (Å²) < 4.78 is 16.2. The smallest absolute Gasteiger partial charge is 0.344 e. The molecule has 1 atom stereocenters. The topological polar surface area (TPSA) is 77.3 Å². The van der Waals surface area contributed by atoms with Crippen LogP contribution in [-0.2, 0) is 4.79 Å². The molecule has 0 spiro atoms. The standard InChI is InChI=1S/C23H21NO5/c1-16(23(25)26)28-20-7-3-17(4-8-20)15-24-18-5-9-21(10-6-18)29-22-13-11-19(27-2)12-14-22/h3-16H,1-2H3,(H,25,26)/t16-/m1/s1. The molecular formula is C23H21NO5. The molecule has 0 fully saturated rings. The molecule has 29 heavy (non-hydrogen) atoms. The molecule has 0 radical (unpaired) electrons. The third kappa shape index (κ3) is 5.84. The number of aliphatic carboxylic acids is 1. The Balaban J connectivity index is 1.58. The number of hydrogen-bond acceptors (Lipinski definition) is 5. The van der Waals surface area contributed by atoms with E-state index < -0.39 is 12.1 Å². The quantitative estimate of drug-likeness (QED) is 0.541. The monoisotopic (exact) mass is 391 g/mol. The second kappa shape index (κ2) is 9.41. The zero-order valence-electron chi connectivity index (χ0n) is 16.1. The lowest BCUT2D eigenvalue weighted by molar-refractivity contribution is -0.144. The molecule has 3 aromatic rings. The lowest BCUT2D eigenvalue weighted by Gasteiger charge is -2.09. The van der Waals surface area contributed by atoms with Crippen molar-refractivity contribution in [3.63, 3.8) is 0 Å². The van der Waals surface area contributed by atoms with Crippen LogP contribution in [0.25, 0.3) is 0 Å². The van der Waals surface area contributed by atoms with Gasteiger partial charge in [-0.3, -0.25) is 4.99 Å². The van der Waals surface area contributed by atoms with E-state index in [2.05, 4.69) is 4.99 Å². The first-order chi connectivity index (χ1) is 14.0. The number of carboxylic acid groups (broad SMARTS) is 1. The highest BCUT2D eigenvalue weighted by Crippen LogP contribution is 2.25. The van der Waals surface area contributed by atoms with Crippen LogP contribution in [0.5, 0.6) is 23.0 Å². The van der Waals surface area contributed by atoms with E-state index in [1.807, 2.05) is 60.7 Å². The summed E-state index contributed by atoms with van der Waals surface area (Å²) in [5.74, 6) is 1.70. The van der Waals surface area contributed by atoms with E-state index in [0.717, 1.165) is 22.7 Å². The van der Waals surface area contributed by atoms with E-state index in [0.29, 0.717) is 11.5 Å². The van der Waals surface area contributed by atoms with Crippen molar-refractivity contribution in [3.05, 3.63) is 78.4 Å². The normalized spacial score (nSPS) is 11.8. The average molecular weight is 391 g/mol. The van der Waals surface area contributed by atoms with Crippen molar-refractivity contribution in [1.29, 1.82) is 0 Å². The van der Waals surface area contributed by atoms with Gasteiger partial charge in [0.1, 0.15) is 23.0 Å². The van der Waals surface area contributed by atoms with Gasteiger partial charge in [-0.05, 0) is 85.3 Å². The van der Waals surface area contributed by atoms with E-state index in [1.165, 1.54) is 6.92 Å². The van der Waals surface area contributed by atoms with Crippen molar-refractivity contribution in [2.24, 2.45) is 4.99 Å². The van der Waals surface area contributed by atoms with Gasteiger partial charge in [-0.25, -0.2) is 4.79 Å². The Morgan fingerprint density at radius 2 is 1.38 bits per heavy atom. The SMILES string of the molecule is COc1ccc(Oc2ccc(N=Cc3ccc(O[C@H](C)C(=O)O)cc3)cc2)cc1. The predicted molar refractivity (Wildman–Crippen MR) is 111 cm³/mol. The van der Waals surface area contributed by atoms with Crippen LogP contribution in [0.2, 0.25) is 0 Å². The Hall–Kier alpha value is -3.80. The molecule has 0 amide bonds. The van der Waals surface area contributed by atoms with Crippen LogP contribution in [0.1, 0.15) is 12.5 Å². The average Bonchev–Trinajstić information content (AvgIpc) is 2.74. The Morgan fingerprint density at radius 3 is 1.93 bits per heavy atom. The lowest BCUT2D eigenvalue weighted by atomic mass is 10.2. The van der Waals surface area contributed by atoms with Crippen LogP contribution in [0.15, 0.2) is 77.8 Å². The molecule has 0 aliphatic carbocycles. The molecular weight excluding hydrogens is 370 g/mol. The third-order valence-corrected chi connectivity index (χ3v) is 4.04. The van der Waals surface area contributed by atoms with Gasteiger partial charge in [-0.15, -0.1) is 0 Å². The Kier molecular flexibility index (Phi) is 6.47. The van der Waals surface area contributed by atoms with Crippen molar-refractivity contribution in [2.45, 2.75) is 13.0 Å². The number of carboxylic acids is 1. The summed E-state index contributed by atoms with van der Waals surface area (Å²) >= 11 is 0. The summed E-state index contributed by atoms with van der Waals surface area (Å²) in [6.45, 7) is 1.49. The molecule has 0 unspecified atom stereocenters. The zero-order chi connectivity index (χ0) is 20.6. The fourth-order valence-electron chi connectivity index (χ4n) is 2.42. The van der Waals surface area contributed by atoms with Gasteiger partial charge in [0.05, 0.1) is 12.8 Å². The van der Waals surface area contributed by atoms with Crippen molar-refractivity contribution < 1.29 is 24.1 Å². The van der Waals surface area contributed by atoms with E-state index in [1.54, 1.807) is 25.5 Å². The molecule has 0 saturated carbocycles. The van der Waals surface area contributed by atoms with Crippen LogP contribution in [0.3, 0.4) is 0 Å². The summed E-state index contributed by atoms with van der Waals surface area (Å²) in [6, 6.07) is 21.8. The highest BCUT2D eigenvalue weighted by atomic mass is 16.5. The molecule has 0 heterocycles. The van der Waals surface area contributed by atoms with Gasteiger partial charge in [0.15, 0.2) is 6.10 Å². The fourth-order valence-corrected chi connectivity index (χ4v) is 2.42. The van der Waals surface area contributed by atoms with Crippen LogP contribution in [0.4, 0.5) is 5.69 Å². The molecule has 1 N–H and O–H groups in total. The number of rotatable bonds is 8. The van der Waals surface area contributed by atoms with Gasteiger partial charge < -0.3 is 19.3 Å². The zero-order valence-corrected chi connectivity index (χ0v) is 16.1. The van der Waals surface area contributed by atoms with E-state index >= 15 is 0 Å². The first-order valence-corrected chi connectivity index (χ1v) is 8.99. The predicted octanol–water partition coefficient (Wildman–Crippen LogP) is 5.09. The van der Waals surface area contributed by atoms with Crippen molar-refractivity contribution >= 4 is 17.9 Å². The maximum absolute atomic E-state index is 10.8. The van der Waals surface area contributed by atoms with Crippen LogP contribution >= 0.6 is 0 Å². The molecule has 0 bridgehead atoms. The summed E-state index contributed by atoms with van der Waals surface area (Å²) in [7, 11) is 1.62. The summed E-state index contributed by atoms with van der Waals surface area (Å²) in [4.78, 5) is 15.3. The highest BCUT2D eigenvalue weighted by Gasteiger charge is 2.11. The molecule has 6 nitrogen and oxygen atoms in total. The number of aliphatic imine (C=N–C) groups is 1. The van der Waals surface area contributed by atoms with Crippen LogP contribution in [-0.4, -0.2) is 30.5 Å². The second-order valence-corrected chi connectivity index (χ2v) is 6.20. The number of methoxy groups -OCH3 is 1. The number of nitrogens with zero attached hydrogens (tertiary/aromatic N) is 1. The third-order valence-electron chi connectivity index (χ3n) is 4.04. The molecule has 0 aromatic heterocycles. The first-order valence-electron chi connectivity index (χ1n) is 8.99. The molecule has 6 heteroatoms. The summed E-state index contributed by atoms with van der Waals surface area (Å²) in [6.07, 6.45) is 0.831. The van der Waals surface area contributed by atoms with Gasteiger partial charge in [-0.2, -0.15) is 0 Å². The summed E-state index contributed by atoms with van der Waals surface area (Å²) in [5, 5.41) is 8.87. The minimum absolute atomic E-state index is 0.497. The molecule has 3 rings (SSSR count). The van der Waals surface area contributed by atoms with Crippen LogP contribution < -0.4 is 14.2 Å². The Morgan fingerprint density at radius 1 is 0.862 bits per heavy atom. The molecule has 0 aliphatic heterocycles. The Labute approximate surface area is 169 Å². The van der Waals surface area contributed by atoms with Gasteiger partial charge in [-0.1, -0.05) is 0 Å². The van der Waals surface area contributed by atoms with Crippen molar-refractivity contribution in [2.75, 3.05) is 7.11 Å². The van der Waals surface area contributed by atoms with Gasteiger partial charge in [0.2, 0.25) is 0 Å². The van der Waals surface area contributed by atoms with Gasteiger partial charge in [0, 0.05) is 6.21 Å². The van der Waals surface area contributed by atoms with E-state index in [-0.39, 0.29) is 0 Å². The summed E-state index contributed by atoms with van der Waals surface area (Å²) in [5.41, 5.74) is 1.66. The van der Waals surface area contributed by atoms with E-state index in [4.69, 9.17) is 19.3 Å². The second-order valence-electron chi connectivity index (χ2n) is 6.20. The molecule has 148 valence electrons. The maximum Gasteiger partial charge on any atom is 0.344 e.